The van der Waals surface area contributed by atoms with Crippen molar-refractivity contribution in [2.24, 2.45) is 0 Å². The van der Waals surface area contributed by atoms with Crippen molar-refractivity contribution < 1.29 is 13.2 Å². The molecule has 2 amide bonds. The Balaban J connectivity index is 1.89. The Labute approximate surface area is 175 Å². The number of hydrogen-bond acceptors (Lipinski definition) is 3. The number of sulfonamides is 1. The third-order valence-corrected chi connectivity index (χ3v) is 7.21. The molecule has 1 aliphatic rings. The highest BCUT2D eigenvalue weighted by Gasteiger charge is 2.42. The van der Waals surface area contributed by atoms with Gasteiger partial charge in [0.25, 0.3) is 10.0 Å². The van der Waals surface area contributed by atoms with Crippen LogP contribution in [0.1, 0.15) is 16.7 Å². The predicted octanol–water partition coefficient (Wildman–Crippen LogP) is 5.29. The number of nitrogens with zero attached hydrogens (tertiary/aromatic N) is 2. The molecule has 0 unspecified atom stereocenters. The van der Waals surface area contributed by atoms with E-state index >= 15 is 0 Å². The summed E-state index contributed by atoms with van der Waals surface area (Å²) >= 11 is 6.21. The number of fused-ring (bicyclic) bond motifs is 1. The van der Waals surface area contributed by atoms with Gasteiger partial charge in [-0.2, -0.15) is 4.31 Å². The first-order valence-corrected chi connectivity index (χ1v) is 10.9. The zero-order valence-corrected chi connectivity index (χ0v) is 17.5. The summed E-state index contributed by atoms with van der Waals surface area (Å²) in [5, 5.41) is 0.398. The average Bonchev–Trinajstić information content (AvgIpc) is 2.69. The molecule has 0 saturated carbocycles. The number of urea groups is 1. The third kappa shape index (κ3) is 3.28. The van der Waals surface area contributed by atoms with E-state index in [1.54, 1.807) is 30.3 Å². The Morgan fingerprint density at radius 3 is 2.31 bits per heavy atom. The summed E-state index contributed by atoms with van der Waals surface area (Å²) in [5.41, 5.74) is 3.35. The highest BCUT2D eigenvalue weighted by molar-refractivity contribution is 7.94. The molecule has 1 heterocycles. The maximum atomic E-state index is 13.4. The highest BCUT2D eigenvalue weighted by atomic mass is 35.5. The van der Waals surface area contributed by atoms with E-state index in [-0.39, 0.29) is 17.1 Å². The number of aryl methyl sites for hydroxylation is 2. The van der Waals surface area contributed by atoms with Crippen LogP contribution in [0.3, 0.4) is 0 Å². The van der Waals surface area contributed by atoms with Crippen LogP contribution in [0.25, 0.3) is 0 Å². The van der Waals surface area contributed by atoms with Crippen molar-refractivity contribution in [3.8, 4) is 0 Å². The van der Waals surface area contributed by atoms with E-state index in [4.69, 9.17) is 11.6 Å². The van der Waals surface area contributed by atoms with Gasteiger partial charge >= 0.3 is 6.03 Å². The molecule has 29 heavy (non-hydrogen) atoms. The number of carbonyl (C=O) groups excluding carboxylic acids is 1. The van der Waals surface area contributed by atoms with Gasteiger partial charge in [-0.25, -0.2) is 13.2 Å². The molecule has 0 aromatic heterocycles. The number of halogens is 1. The molecular weight excluding hydrogens is 408 g/mol. The van der Waals surface area contributed by atoms with Crippen LogP contribution >= 0.6 is 11.6 Å². The van der Waals surface area contributed by atoms with Gasteiger partial charge in [0.2, 0.25) is 0 Å². The summed E-state index contributed by atoms with van der Waals surface area (Å²) in [6, 6.07) is 18.4. The summed E-state index contributed by atoms with van der Waals surface area (Å²) in [6.45, 7) is 4.04. The van der Waals surface area contributed by atoms with Gasteiger partial charge in [-0.05, 0) is 54.8 Å². The van der Waals surface area contributed by atoms with Crippen LogP contribution in [0, 0.1) is 13.8 Å². The first-order chi connectivity index (χ1) is 13.8. The molecule has 0 bridgehead atoms. The van der Waals surface area contributed by atoms with E-state index in [9.17, 15) is 13.2 Å². The minimum absolute atomic E-state index is 0.0879. The zero-order valence-electron chi connectivity index (χ0n) is 16.0. The third-order valence-electron chi connectivity index (χ3n) is 5.06. The molecule has 0 fully saturated rings. The second-order valence-corrected chi connectivity index (χ2v) is 9.13. The van der Waals surface area contributed by atoms with Crippen molar-refractivity contribution in [1.29, 1.82) is 0 Å². The molecule has 3 aromatic carbocycles. The number of hydrogen-bond donors (Lipinski definition) is 0. The lowest BCUT2D eigenvalue weighted by molar-refractivity contribution is 0.253. The Morgan fingerprint density at radius 2 is 1.59 bits per heavy atom. The van der Waals surface area contributed by atoms with Crippen molar-refractivity contribution in [2.75, 3.05) is 9.21 Å². The number of amides is 2. The van der Waals surface area contributed by atoms with E-state index in [1.165, 1.54) is 17.0 Å². The van der Waals surface area contributed by atoms with Gasteiger partial charge < -0.3 is 0 Å². The molecule has 7 heteroatoms. The molecule has 4 rings (SSSR count). The minimum atomic E-state index is -4.07. The molecule has 3 aromatic rings. The molecule has 0 spiro atoms. The van der Waals surface area contributed by atoms with Crippen molar-refractivity contribution in [3.63, 3.8) is 0 Å². The maximum absolute atomic E-state index is 13.4. The second-order valence-electron chi connectivity index (χ2n) is 6.97. The Morgan fingerprint density at radius 1 is 0.897 bits per heavy atom. The van der Waals surface area contributed by atoms with Crippen LogP contribution in [-0.4, -0.2) is 14.4 Å². The summed E-state index contributed by atoms with van der Waals surface area (Å²) in [6.07, 6.45) is 0. The monoisotopic (exact) mass is 426 g/mol. The van der Waals surface area contributed by atoms with Gasteiger partial charge in [0, 0.05) is 5.02 Å². The summed E-state index contributed by atoms with van der Waals surface area (Å²) in [5.74, 6) is 0. The predicted molar refractivity (Wildman–Crippen MR) is 115 cm³/mol. The first kappa shape index (κ1) is 19.5. The lowest BCUT2D eigenvalue weighted by Crippen LogP contribution is -2.50. The van der Waals surface area contributed by atoms with E-state index in [2.05, 4.69) is 0 Å². The van der Waals surface area contributed by atoms with Crippen molar-refractivity contribution in [3.05, 3.63) is 88.4 Å². The van der Waals surface area contributed by atoms with Gasteiger partial charge in [-0.3, -0.25) is 4.90 Å². The van der Waals surface area contributed by atoms with Gasteiger partial charge in [-0.1, -0.05) is 54.1 Å². The van der Waals surface area contributed by atoms with Gasteiger partial charge in [-0.15, -0.1) is 0 Å². The van der Waals surface area contributed by atoms with Crippen LogP contribution in [0.15, 0.2) is 71.6 Å². The molecule has 0 radical (unpaired) electrons. The second kappa shape index (κ2) is 7.21. The van der Waals surface area contributed by atoms with Crippen LogP contribution in [0.4, 0.5) is 16.2 Å². The molecule has 0 atom stereocenters. The largest absolute Gasteiger partial charge is 0.343 e. The molecular formula is C22H19ClN2O3S. The number of anilines is 2. The molecule has 0 saturated heterocycles. The van der Waals surface area contributed by atoms with Gasteiger partial charge in [0.05, 0.1) is 17.9 Å². The molecule has 0 N–H and O–H groups in total. The number of carbonyl (C=O) groups is 1. The molecule has 0 aliphatic carbocycles. The fourth-order valence-corrected chi connectivity index (χ4v) is 5.14. The lowest BCUT2D eigenvalue weighted by Gasteiger charge is -2.36. The highest BCUT2D eigenvalue weighted by Crippen LogP contribution is 2.39. The average molecular weight is 427 g/mol. The SMILES string of the molecule is Cc1ccc(N2C(=O)N(Cc3ccccc3C)c3ccccc3S2(=O)=O)cc1Cl. The Kier molecular flexibility index (Phi) is 4.84. The summed E-state index contributed by atoms with van der Waals surface area (Å²) < 4.78 is 27.5. The Hall–Kier alpha value is -2.83. The van der Waals surface area contributed by atoms with Crippen LogP contribution < -0.4 is 9.21 Å². The van der Waals surface area contributed by atoms with Crippen molar-refractivity contribution in [1.82, 2.24) is 0 Å². The zero-order chi connectivity index (χ0) is 20.8. The normalized spacial score (nSPS) is 15.3. The van der Waals surface area contributed by atoms with E-state index in [0.29, 0.717) is 10.7 Å². The fourth-order valence-electron chi connectivity index (χ4n) is 3.38. The molecule has 1 aliphatic heterocycles. The summed E-state index contributed by atoms with van der Waals surface area (Å²) in [4.78, 5) is 15.0. The van der Waals surface area contributed by atoms with Gasteiger partial charge in [0.1, 0.15) is 4.90 Å². The topological polar surface area (TPSA) is 57.7 Å². The van der Waals surface area contributed by atoms with Crippen LogP contribution in [-0.2, 0) is 16.6 Å². The molecule has 148 valence electrons. The Bertz CT molecular complexity index is 1220. The lowest BCUT2D eigenvalue weighted by atomic mass is 10.1. The minimum Gasteiger partial charge on any atom is -0.287 e. The van der Waals surface area contributed by atoms with Crippen molar-refractivity contribution in [2.45, 2.75) is 25.3 Å². The van der Waals surface area contributed by atoms with Crippen LogP contribution in [0.5, 0.6) is 0 Å². The quantitative estimate of drug-likeness (QED) is 0.571. The summed E-state index contributed by atoms with van der Waals surface area (Å²) in [7, 11) is -4.07. The van der Waals surface area contributed by atoms with Crippen LogP contribution in [0.2, 0.25) is 5.02 Å². The van der Waals surface area contributed by atoms with Gasteiger partial charge in [0.15, 0.2) is 0 Å². The number of rotatable bonds is 3. The molecule has 5 nitrogen and oxygen atoms in total. The fraction of sp³-hybridized carbons (Fsp3) is 0.136. The maximum Gasteiger partial charge on any atom is 0.343 e. The van der Waals surface area contributed by atoms with E-state index in [0.717, 1.165) is 21.0 Å². The number of para-hydroxylation sites is 1. The standard InChI is InChI=1S/C22H19ClN2O3S/c1-15-7-3-4-8-17(15)14-24-20-9-5-6-10-21(20)29(27,28)25(22(24)26)18-12-11-16(2)19(23)13-18/h3-13H,14H2,1-2H3. The van der Waals surface area contributed by atoms with E-state index < -0.39 is 16.1 Å². The van der Waals surface area contributed by atoms with E-state index in [1.807, 2.05) is 38.1 Å². The van der Waals surface area contributed by atoms with Crippen molar-refractivity contribution >= 4 is 39.0 Å². The number of benzene rings is 3. The first-order valence-electron chi connectivity index (χ1n) is 9.07. The smallest absolute Gasteiger partial charge is 0.287 e.